The molecule has 3 N–H and O–H groups in total. The largest absolute Gasteiger partial charge is 0.494 e. The molecule has 0 bridgehead atoms. The maximum absolute atomic E-state index is 13.3. The zero-order chi connectivity index (χ0) is 26.0. The molecular weight excluding hydrogens is 488 g/mol. The number of H-pyrrole nitrogens is 1. The molecule has 36 heavy (non-hydrogen) atoms. The van der Waals surface area contributed by atoms with E-state index >= 15 is 0 Å². The average molecular weight is 515 g/mol. The first-order valence-corrected chi connectivity index (χ1v) is 12.4. The first-order valence-electron chi connectivity index (χ1n) is 10.8. The topological polar surface area (TPSA) is 170 Å². The summed E-state index contributed by atoms with van der Waals surface area (Å²) >= 11 is 0. The molecule has 4 aromatic rings. The Labute approximate surface area is 207 Å². The number of nitrogens with zero attached hydrogens (tertiary/aromatic N) is 6. The highest BCUT2D eigenvalue weighted by atomic mass is 32.2. The van der Waals surface area contributed by atoms with E-state index in [1.807, 2.05) is 6.92 Å². The first-order chi connectivity index (χ1) is 17.2. The summed E-state index contributed by atoms with van der Waals surface area (Å²) in [6.45, 7) is 4.92. The minimum absolute atomic E-state index is 0.124. The number of nitrogens with one attached hydrogen (secondary N) is 2. The Morgan fingerprint density at radius 2 is 1.78 bits per heavy atom. The van der Waals surface area contributed by atoms with Crippen LogP contribution in [-0.4, -0.2) is 67.9 Å². The number of methoxy groups -OCH3 is 2. The van der Waals surface area contributed by atoms with Crippen LogP contribution in [-0.2, 0) is 10.0 Å². The molecule has 2 atom stereocenters. The molecule has 0 saturated carbocycles. The van der Waals surface area contributed by atoms with Crippen LogP contribution in [0.4, 0.5) is 5.95 Å². The summed E-state index contributed by atoms with van der Waals surface area (Å²) in [6, 6.07) is 6.86. The number of para-hydroxylation sites is 1. The summed E-state index contributed by atoms with van der Waals surface area (Å²) in [7, 11) is -1.25. The summed E-state index contributed by atoms with van der Waals surface area (Å²) in [5.41, 5.74) is 2.31. The van der Waals surface area contributed by atoms with Gasteiger partial charge >= 0.3 is 0 Å². The van der Waals surface area contributed by atoms with Gasteiger partial charge in [-0.05, 0) is 39.0 Å². The van der Waals surface area contributed by atoms with E-state index in [4.69, 9.17) is 9.47 Å². The van der Waals surface area contributed by atoms with E-state index in [1.165, 1.54) is 38.1 Å². The van der Waals surface area contributed by atoms with E-state index in [9.17, 15) is 13.5 Å². The molecule has 0 amide bonds. The summed E-state index contributed by atoms with van der Waals surface area (Å²) in [6.07, 6.45) is 1.35. The normalized spacial score (nSPS) is 13.3. The molecule has 0 aliphatic carbocycles. The number of anilines is 1. The lowest BCUT2D eigenvalue weighted by atomic mass is 10.2. The second-order valence-corrected chi connectivity index (χ2v) is 10.0. The van der Waals surface area contributed by atoms with Crippen molar-refractivity contribution < 1.29 is 23.0 Å². The number of aliphatic hydroxyl groups is 1. The van der Waals surface area contributed by atoms with Crippen LogP contribution in [0.25, 0.3) is 17.2 Å². The summed E-state index contributed by atoms with van der Waals surface area (Å²) in [4.78, 5) is 8.17. The van der Waals surface area contributed by atoms with Crippen LogP contribution in [0.15, 0.2) is 36.7 Å². The summed E-state index contributed by atoms with van der Waals surface area (Å²) < 4.78 is 41.6. The SMILES string of the molecule is COc1cccc(OC)c1-n1c(NS(=O)(=O)[C@@H](C)[C@H](O)c2cnc(C)cn2)nnc1-c1cc(C)[nH]n1. The smallest absolute Gasteiger partial charge is 0.243 e. The minimum atomic E-state index is -4.21. The molecule has 0 radical (unpaired) electrons. The Kier molecular flexibility index (Phi) is 6.90. The van der Waals surface area contributed by atoms with Gasteiger partial charge in [-0.25, -0.2) is 8.42 Å². The molecule has 4 rings (SSSR count). The second kappa shape index (κ2) is 9.91. The van der Waals surface area contributed by atoms with Crippen LogP contribution < -0.4 is 14.2 Å². The third-order valence-electron chi connectivity index (χ3n) is 5.50. The molecule has 14 heteroatoms. The number of hydrogen-bond donors (Lipinski definition) is 3. The predicted octanol–water partition coefficient (Wildman–Crippen LogP) is 1.95. The Hall–Kier alpha value is -4.04. The van der Waals surface area contributed by atoms with E-state index in [2.05, 4.69) is 35.1 Å². The maximum Gasteiger partial charge on any atom is 0.243 e. The molecule has 3 aromatic heterocycles. The second-order valence-electron chi connectivity index (χ2n) is 8.01. The Morgan fingerprint density at radius 3 is 2.33 bits per heavy atom. The van der Waals surface area contributed by atoms with Gasteiger partial charge in [0.25, 0.3) is 0 Å². The number of ether oxygens (including phenoxy) is 2. The van der Waals surface area contributed by atoms with Gasteiger partial charge in [0.1, 0.15) is 34.2 Å². The fourth-order valence-corrected chi connectivity index (χ4v) is 4.55. The molecule has 0 fully saturated rings. The van der Waals surface area contributed by atoms with Crippen molar-refractivity contribution >= 4 is 16.0 Å². The highest BCUT2D eigenvalue weighted by Gasteiger charge is 2.33. The molecule has 3 heterocycles. The van der Waals surface area contributed by atoms with Crippen molar-refractivity contribution in [2.75, 3.05) is 18.9 Å². The Morgan fingerprint density at radius 1 is 1.08 bits per heavy atom. The van der Waals surface area contributed by atoms with Crippen molar-refractivity contribution in [3.8, 4) is 28.7 Å². The summed E-state index contributed by atoms with van der Waals surface area (Å²) in [5, 5.41) is 24.8. The predicted molar refractivity (Wildman–Crippen MR) is 131 cm³/mol. The van der Waals surface area contributed by atoms with Crippen LogP contribution in [0.5, 0.6) is 11.5 Å². The summed E-state index contributed by atoms with van der Waals surface area (Å²) in [5.74, 6) is 0.845. The lowest BCUT2D eigenvalue weighted by Crippen LogP contribution is -2.32. The standard InChI is InChI=1S/C22H26N8O5S/c1-12-9-15(26-25-12)21-27-28-22(30(21)19-17(34-4)7-6-8-18(19)35-5)29-36(32,33)14(3)20(31)16-11-23-13(2)10-24-16/h6-11,14,20,31H,1-5H3,(H,25,26)(H,28,29)/t14-,20-/m0/s1. The minimum Gasteiger partial charge on any atom is -0.494 e. The number of aromatic nitrogens is 7. The van der Waals surface area contributed by atoms with Gasteiger partial charge in [0.2, 0.25) is 16.0 Å². The van der Waals surface area contributed by atoms with E-state index in [0.717, 1.165) is 5.69 Å². The third kappa shape index (κ3) is 4.72. The van der Waals surface area contributed by atoms with Gasteiger partial charge in [-0.2, -0.15) is 5.10 Å². The molecule has 0 spiro atoms. The Bertz CT molecular complexity index is 1440. The van der Waals surface area contributed by atoms with Crippen molar-refractivity contribution in [3.63, 3.8) is 0 Å². The van der Waals surface area contributed by atoms with Crippen LogP contribution >= 0.6 is 0 Å². The zero-order valence-electron chi connectivity index (χ0n) is 20.3. The first kappa shape index (κ1) is 25.1. The van der Waals surface area contributed by atoms with Crippen molar-refractivity contribution in [3.05, 3.63) is 53.7 Å². The monoisotopic (exact) mass is 514 g/mol. The molecular formula is C22H26N8O5S. The van der Waals surface area contributed by atoms with E-state index in [-0.39, 0.29) is 17.5 Å². The van der Waals surface area contributed by atoms with Crippen molar-refractivity contribution in [1.29, 1.82) is 0 Å². The number of rotatable bonds is 9. The van der Waals surface area contributed by atoms with Crippen molar-refractivity contribution in [2.24, 2.45) is 0 Å². The van der Waals surface area contributed by atoms with Crippen molar-refractivity contribution in [1.82, 2.24) is 34.9 Å². The maximum atomic E-state index is 13.3. The fourth-order valence-electron chi connectivity index (χ4n) is 3.50. The van der Waals surface area contributed by atoms with Gasteiger partial charge in [0, 0.05) is 11.9 Å². The van der Waals surface area contributed by atoms with Crippen LogP contribution in [0.2, 0.25) is 0 Å². The van der Waals surface area contributed by atoms with Gasteiger partial charge in [-0.15, -0.1) is 10.2 Å². The number of sulfonamides is 1. The lowest BCUT2D eigenvalue weighted by Gasteiger charge is -2.21. The fraction of sp³-hybridized carbons (Fsp3) is 0.318. The van der Waals surface area contributed by atoms with Gasteiger partial charge in [0.15, 0.2) is 5.82 Å². The van der Waals surface area contributed by atoms with Crippen molar-refractivity contribution in [2.45, 2.75) is 32.1 Å². The number of benzene rings is 1. The zero-order valence-corrected chi connectivity index (χ0v) is 21.1. The molecule has 13 nitrogen and oxygen atoms in total. The lowest BCUT2D eigenvalue weighted by molar-refractivity contribution is 0.171. The van der Waals surface area contributed by atoms with E-state index in [0.29, 0.717) is 28.6 Å². The average Bonchev–Trinajstić information content (AvgIpc) is 3.48. The van der Waals surface area contributed by atoms with Gasteiger partial charge in [0.05, 0.1) is 31.8 Å². The van der Waals surface area contributed by atoms with E-state index < -0.39 is 21.4 Å². The number of aliphatic hydroxyl groups excluding tert-OH is 1. The van der Waals surface area contributed by atoms with Gasteiger partial charge in [-0.3, -0.25) is 24.4 Å². The molecule has 0 unspecified atom stereocenters. The quantitative estimate of drug-likeness (QED) is 0.300. The molecule has 0 aliphatic heterocycles. The Balaban J connectivity index is 1.81. The van der Waals surface area contributed by atoms with Crippen LogP contribution in [0.3, 0.4) is 0 Å². The number of aromatic amines is 1. The number of hydrogen-bond acceptors (Lipinski definition) is 10. The molecule has 1 aromatic carbocycles. The van der Waals surface area contributed by atoms with E-state index in [1.54, 1.807) is 31.2 Å². The highest BCUT2D eigenvalue weighted by molar-refractivity contribution is 7.93. The highest BCUT2D eigenvalue weighted by Crippen LogP contribution is 2.37. The third-order valence-corrected chi connectivity index (χ3v) is 7.20. The van der Waals surface area contributed by atoms with Gasteiger partial charge < -0.3 is 14.6 Å². The van der Waals surface area contributed by atoms with Crippen LogP contribution in [0, 0.1) is 13.8 Å². The molecule has 190 valence electrons. The number of aryl methyl sites for hydroxylation is 2. The molecule has 0 saturated heterocycles. The van der Waals surface area contributed by atoms with Gasteiger partial charge in [-0.1, -0.05) is 6.07 Å². The van der Waals surface area contributed by atoms with Crippen LogP contribution in [0.1, 0.15) is 30.1 Å². The molecule has 0 aliphatic rings.